The van der Waals surface area contributed by atoms with Crippen molar-refractivity contribution in [3.8, 4) is 11.5 Å². The smallest absolute Gasteiger partial charge is 0.255 e. The summed E-state index contributed by atoms with van der Waals surface area (Å²) in [6.07, 6.45) is 0. The number of benzene rings is 3. The fraction of sp³-hybridized carbons (Fsp3) is 0.0952. The number of carbonyl (C=O) groups is 1. The minimum Gasteiger partial charge on any atom is -0.493 e. The molecule has 0 spiro atoms. The van der Waals surface area contributed by atoms with Crippen LogP contribution in [0.1, 0.15) is 15.9 Å². The first kappa shape index (κ1) is 19.1. The van der Waals surface area contributed by atoms with Crippen LogP contribution in [0.15, 0.2) is 66.7 Å². The third-order valence-corrected chi connectivity index (χ3v) is 4.39. The molecule has 6 heteroatoms. The van der Waals surface area contributed by atoms with E-state index in [0.29, 0.717) is 39.4 Å². The molecule has 0 atom stereocenters. The average Bonchev–Trinajstić information content (AvgIpc) is 2.69. The maximum Gasteiger partial charge on any atom is 0.255 e. The zero-order valence-corrected chi connectivity index (χ0v) is 16.1. The molecular formula is C21H17Cl2NO3. The molecule has 0 aliphatic carbocycles. The van der Waals surface area contributed by atoms with Gasteiger partial charge in [0, 0.05) is 10.6 Å². The number of methoxy groups -OCH3 is 1. The number of hydrogen-bond acceptors (Lipinski definition) is 3. The Morgan fingerprint density at radius 3 is 2.44 bits per heavy atom. The van der Waals surface area contributed by atoms with Gasteiger partial charge in [0.25, 0.3) is 5.91 Å². The van der Waals surface area contributed by atoms with Crippen molar-refractivity contribution in [2.24, 2.45) is 0 Å². The van der Waals surface area contributed by atoms with Gasteiger partial charge < -0.3 is 14.8 Å². The number of rotatable bonds is 6. The van der Waals surface area contributed by atoms with Crippen LogP contribution < -0.4 is 14.8 Å². The minimum absolute atomic E-state index is 0.313. The van der Waals surface area contributed by atoms with Crippen LogP contribution in [-0.2, 0) is 6.61 Å². The van der Waals surface area contributed by atoms with E-state index in [9.17, 15) is 4.79 Å². The summed E-state index contributed by atoms with van der Waals surface area (Å²) in [5.74, 6) is 0.718. The topological polar surface area (TPSA) is 47.6 Å². The summed E-state index contributed by atoms with van der Waals surface area (Å²) in [5.41, 5.74) is 1.94. The normalized spacial score (nSPS) is 10.3. The van der Waals surface area contributed by atoms with Gasteiger partial charge in [0.15, 0.2) is 11.5 Å². The Balaban J connectivity index is 1.73. The van der Waals surface area contributed by atoms with E-state index < -0.39 is 0 Å². The van der Waals surface area contributed by atoms with Gasteiger partial charge in [-0.05, 0) is 42.0 Å². The van der Waals surface area contributed by atoms with E-state index in [4.69, 9.17) is 32.7 Å². The molecule has 3 aromatic carbocycles. The minimum atomic E-state index is -0.313. The number of amides is 1. The van der Waals surface area contributed by atoms with Crippen molar-refractivity contribution in [1.29, 1.82) is 0 Å². The quantitative estimate of drug-likeness (QED) is 0.564. The van der Waals surface area contributed by atoms with Crippen LogP contribution in [0.2, 0.25) is 10.0 Å². The van der Waals surface area contributed by atoms with Crippen LogP contribution in [0, 0.1) is 0 Å². The van der Waals surface area contributed by atoms with Crippen LogP contribution in [-0.4, -0.2) is 13.0 Å². The van der Waals surface area contributed by atoms with Crippen LogP contribution in [0.5, 0.6) is 11.5 Å². The molecule has 0 aliphatic heterocycles. The molecule has 0 saturated carbocycles. The van der Waals surface area contributed by atoms with Crippen molar-refractivity contribution >= 4 is 34.8 Å². The number of halogens is 2. The Kier molecular flexibility index (Phi) is 6.22. The molecule has 138 valence electrons. The van der Waals surface area contributed by atoms with Crippen molar-refractivity contribution in [1.82, 2.24) is 0 Å². The molecule has 0 saturated heterocycles. The lowest BCUT2D eigenvalue weighted by atomic mass is 10.1. The second-order valence-electron chi connectivity index (χ2n) is 5.72. The molecule has 1 amide bonds. The first-order chi connectivity index (χ1) is 13.1. The van der Waals surface area contributed by atoms with Crippen molar-refractivity contribution < 1.29 is 14.3 Å². The Labute approximate surface area is 167 Å². The van der Waals surface area contributed by atoms with E-state index in [1.54, 1.807) is 36.4 Å². The van der Waals surface area contributed by atoms with Crippen molar-refractivity contribution in [2.75, 3.05) is 12.4 Å². The molecule has 0 aliphatic rings. The zero-order chi connectivity index (χ0) is 19.2. The highest BCUT2D eigenvalue weighted by atomic mass is 35.5. The number of hydrogen-bond donors (Lipinski definition) is 1. The third-order valence-electron chi connectivity index (χ3n) is 3.84. The van der Waals surface area contributed by atoms with Crippen LogP contribution in [0.25, 0.3) is 0 Å². The summed E-state index contributed by atoms with van der Waals surface area (Å²) in [7, 11) is 1.53. The molecule has 3 rings (SSSR count). The van der Waals surface area contributed by atoms with E-state index in [1.165, 1.54) is 7.11 Å². The van der Waals surface area contributed by atoms with Crippen LogP contribution >= 0.6 is 23.2 Å². The van der Waals surface area contributed by atoms with Gasteiger partial charge >= 0.3 is 0 Å². The molecular weight excluding hydrogens is 385 g/mol. The molecule has 0 heterocycles. The molecule has 0 fully saturated rings. The lowest BCUT2D eigenvalue weighted by Crippen LogP contribution is -2.12. The SMILES string of the molecule is COc1cc(C(=O)Nc2ccc(Cl)cc2Cl)ccc1OCc1ccccc1. The summed E-state index contributed by atoms with van der Waals surface area (Å²) >= 11 is 12.0. The van der Waals surface area contributed by atoms with Gasteiger partial charge in [-0.25, -0.2) is 0 Å². The monoisotopic (exact) mass is 401 g/mol. The summed E-state index contributed by atoms with van der Waals surface area (Å²) in [6, 6.07) is 19.7. The summed E-state index contributed by atoms with van der Waals surface area (Å²) in [4.78, 5) is 12.5. The molecule has 1 N–H and O–H groups in total. The largest absolute Gasteiger partial charge is 0.493 e. The maximum absolute atomic E-state index is 12.5. The fourth-order valence-corrected chi connectivity index (χ4v) is 2.90. The Morgan fingerprint density at radius 2 is 1.74 bits per heavy atom. The van der Waals surface area contributed by atoms with Crippen molar-refractivity contribution in [3.05, 3.63) is 87.9 Å². The van der Waals surface area contributed by atoms with E-state index >= 15 is 0 Å². The molecule has 0 unspecified atom stereocenters. The Hall–Kier alpha value is -2.69. The second kappa shape index (κ2) is 8.80. The van der Waals surface area contributed by atoms with E-state index in [-0.39, 0.29) is 5.91 Å². The Bertz CT molecular complexity index is 945. The van der Waals surface area contributed by atoms with Gasteiger partial charge in [-0.1, -0.05) is 53.5 Å². The second-order valence-corrected chi connectivity index (χ2v) is 6.56. The molecule has 27 heavy (non-hydrogen) atoms. The van der Waals surface area contributed by atoms with Crippen molar-refractivity contribution in [3.63, 3.8) is 0 Å². The van der Waals surface area contributed by atoms with Gasteiger partial charge in [-0.15, -0.1) is 0 Å². The molecule has 0 aromatic heterocycles. The van der Waals surface area contributed by atoms with E-state index in [1.807, 2.05) is 30.3 Å². The summed E-state index contributed by atoms with van der Waals surface area (Å²) < 4.78 is 11.2. The van der Waals surface area contributed by atoms with Gasteiger partial charge in [0.05, 0.1) is 17.8 Å². The summed E-state index contributed by atoms with van der Waals surface area (Å²) in [6.45, 7) is 0.406. The number of ether oxygens (including phenoxy) is 2. The fourth-order valence-electron chi connectivity index (χ4n) is 2.45. The lowest BCUT2D eigenvalue weighted by Gasteiger charge is -2.13. The third kappa shape index (κ3) is 4.94. The van der Waals surface area contributed by atoms with Gasteiger partial charge in [-0.3, -0.25) is 4.79 Å². The molecule has 0 bridgehead atoms. The van der Waals surface area contributed by atoms with Gasteiger partial charge in [-0.2, -0.15) is 0 Å². The van der Waals surface area contributed by atoms with Gasteiger partial charge in [0.2, 0.25) is 0 Å². The average molecular weight is 402 g/mol. The van der Waals surface area contributed by atoms with Crippen LogP contribution in [0.4, 0.5) is 5.69 Å². The van der Waals surface area contributed by atoms with Gasteiger partial charge in [0.1, 0.15) is 6.61 Å². The molecule has 4 nitrogen and oxygen atoms in total. The number of carbonyl (C=O) groups excluding carboxylic acids is 1. The summed E-state index contributed by atoms with van der Waals surface area (Å²) in [5, 5.41) is 3.62. The predicted molar refractivity (Wildman–Crippen MR) is 108 cm³/mol. The van der Waals surface area contributed by atoms with Crippen LogP contribution in [0.3, 0.4) is 0 Å². The standard InChI is InChI=1S/C21H17Cl2NO3/c1-26-20-11-15(21(25)24-18-9-8-16(22)12-17(18)23)7-10-19(20)27-13-14-5-3-2-4-6-14/h2-12H,13H2,1H3,(H,24,25). The van der Waals surface area contributed by atoms with Crippen molar-refractivity contribution in [2.45, 2.75) is 6.61 Å². The highest BCUT2D eigenvalue weighted by Gasteiger charge is 2.13. The molecule has 0 radical (unpaired) electrons. The first-order valence-corrected chi connectivity index (χ1v) is 8.93. The predicted octanol–water partition coefficient (Wildman–Crippen LogP) is 5.83. The first-order valence-electron chi connectivity index (χ1n) is 8.18. The lowest BCUT2D eigenvalue weighted by molar-refractivity contribution is 0.102. The highest BCUT2D eigenvalue weighted by molar-refractivity contribution is 6.36. The zero-order valence-electron chi connectivity index (χ0n) is 14.5. The maximum atomic E-state index is 12.5. The van der Waals surface area contributed by atoms with E-state index in [2.05, 4.69) is 5.32 Å². The van der Waals surface area contributed by atoms with E-state index in [0.717, 1.165) is 5.56 Å². The Morgan fingerprint density at radius 1 is 0.963 bits per heavy atom. The number of nitrogens with one attached hydrogen (secondary N) is 1. The molecule has 3 aromatic rings. The highest BCUT2D eigenvalue weighted by Crippen LogP contribution is 2.30. The number of anilines is 1.